The maximum atomic E-state index is 13.9. The number of rotatable bonds is 4. The Bertz CT molecular complexity index is 1130. The molecule has 1 saturated heterocycles. The first-order valence-corrected chi connectivity index (χ1v) is 10.3. The van der Waals surface area contributed by atoms with Crippen molar-refractivity contribution >= 4 is 23.0 Å². The molecule has 2 aliphatic heterocycles. The number of halogens is 4. The lowest BCUT2D eigenvalue weighted by molar-refractivity contribution is -0.126. The summed E-state index contributed by atoms with van der Waals surface area (Å²) in [5, 5.41) is 3.00. The largest absolute Gasteiger partial charge is 0.393 e. The van der Waals surface area contributed by atoms with E-state index in [9.17, 15) is 17.6 Å². The predicted octanol–water partition coefficient (Wildman–Crippen LogP) is 3.13. The summed E-state index contributed by atoms with van der Waals surface area (Å²) in [6, 6.07) is 4.58. The number of H-pyrrole nitrogens is 1. The van der Waals surface area contributed by atoms with E-state index in [4.69, 9.17) is 4.74 Å². The van der Waals surface area contributed by atoms with Crippen molar-refractivity contribution in [2.45, 2.75) is 19.1 Å². The fourth-order valence-electron chi connectivity index (χ4n) is 3.59. The zero-order chi connectivity index (χ0) is 23.6. The molecule has 12 heteroatoms. The van der Waals surface area contributed by atoms with E-state index in [1.165, 1.54) is 17.0 Å². The Morgan fingerprint density at radius 3 is 2.73 bits per heavy atom. The predicted molar refractivity (Wildman–Crippen MR) is 116 cm³/mol. The second-order valence-corrected chi connectivity index (χ2v) is 7.52. The Morgan fingerprint density at radius 2 is 2.06 bits per heavy atom. The summed E-state index contributed by atoms with van der Waals surface area (Å²) in [6.45, 7) is 5.60. The average molecular weight is 465 g/mol. The second-order valence-electron chi connectivity index (χ2n) is 7.52. The lowest BCUT2D eigenvalue weighted by Gasteiger charge is -2.36. The zero-order valence-corrected chi connectivity index (χ0v) is 17.9. The van der Waals surface area contributed by atoms with Crippen LogP contribution < -0.4 is 5.32 Å². The third kappa shape index (κ3) is 5.16. The Kier molecular flexibility index (Phi) is 6.36. The molecule has 0 bridgehead atoms. The van der Waals surface area contributed by atoms with Crippen molar-refractivity contribution in [3.8, 4) is 0 Å². The molecule has 1 aromatic carbocycles. The number of allylic oxidation sites excluding steroid dienone is 2. The number of hydrogen-bond donors (Lipinski definition) is 2. The van der Waals surface area contributed by atoms with E-state index >= 15 is 0 Å². The molecule has 4 rings (SSSR count). The molecule has 1 aromatic heterocycles. The molecule has 1 fully saturated rings. The van der Waals surface area contributed by atoms with Crippen LogP contribution in [0.4, 0.5) is 17.6 Å². The van der Waals surface area contributed by atoms with Gasteiger partial charge in [-0.1, -0.05) is 18.7 Å². The number of nitrogens with one attached hydrogen (secondary N) is 2. The molecule has 0 spiro atoms. The third-order valence-electron chi connectivity index (χ3n) is 5.21. The number of hydrogen-bond acceptors (Lipinski definition) is 5. The first-order chi connectivity index (χ1) is 15.7. The molecule has 0 atom stereocenters. The summed E-state index contributed by atoms with van der Waals surface area (Å²) >= 11 is 0. The van der Waals surface area contributed by atoms with E-state index in [1.807, 2.05) is 4.90 Å². The summed E-state index contributed by atoms with van der Waals surface area (Å²) in [5.74, 6) is 0.702. The number of guanidine groups is 2. The number of aromatic amines is 1. The summed E-state index contributed by atoms with van der Waals surface area (Å²) in [6.07, 6.45) is -4.40. The topological polar surface area (TPSA) is 81.1 Å². The Balaban J connectivity index is 1.69. The van der Waals surface area contributed by atoms with Crippen molar-refractivity contribution in [3.05, 3.63) is 53.9 Å². The van der Waals surface area contributed by atoms with Gasteiger partial charge in [0.25, 0.3) is 0 Å². The van der Waals surface area contributed by atoms with Gasteiger partial charge in [-0.25, -0.2) is 14.4 Å². The van der Waals surface area contributed by atoms with E-state index in [1.54, 1.807) is 19.2 Å². The van der Waals surface area contributed by atoms with Gasteiger partial charge >= 0.3 is 6.18 Å². The molecule has 0 saturated carbocycles. The summed E-state index contributed by atoms with van der Waals surface area (Å²) in [4.78, 5) is 19.5. The van der Waals surface area contributed by atoms with Crippen molar-refractivity contribution in [1.82, 2.24) is 25.1 Å². The molecule has 0 unspecified atom stereocenters. The van der Waals surface area contributed by atoms with Gasteiger partial charge in [0.05, 0.1) is 25.2 Å². The average Bonchev–Trinajstić information content (AvgIpc) is 3.21. The number of para-hydroxylation sites is 1. The SMILES string of the molecule is C=C/C(CC(F)(F)F)=C1/NC(N2CCOCC2)=NC(=NCc2nc3c(F)cccc3[nH]2)N1C. The van der Waals surface area contributed by atoms with Gasteiger partial charge < -0.3 is 19.9 Å². The van der Waals surface area contributed by atoms with Crippen LogP contribution in [0.2, 0.25) is 0 Å². The quantitative estimate of drug-likeness (QED) is 0.679. The summed E-state index contributed by atoms with van der Waals surface area (Å²) < 4.78 is 58.8. The maximum absolute atomic E-state index is 13.9. The van der Waals surface area contributed by atoms with Gasteiger partial charge in [-0.3, -0.25) is 4.90 Å². The summed E-state index contributed by atoms with van der Waals surface area (Å²) in [5.41, 5.74) is 0.689. The highest BCUT2D eigenvalue weighted by molar-refractivity contribution is 5.99. The van der Waals surface area contributed by atoms with Gasteiger partial charge in [-0.05, 0) is 12.1 Å². The van der Waals surface area contributed by atoms with Crippen LogP contribution in [0.25, 0.3) is 11.0 Å². The first kappa shape index (κ1) is 22.8. The minimum Gasteiger partial charge on any atom is -0.378 e. The number of benzene rings is 1. The Labute approximate surface area is 187 Å². The van der Waals surface area contributed by atoms with Crippen LogP contribution >= 0.6 is 0 Å². The number of alkyl halides is 3. The van der Waals surface area contributed by atoms with Crippen molar-refractivity contribution in [3.63, 3.8) is 0 Å². The van der Waals surface area contributed by atoms with E-state index in [2.05, 4.69) is 31.8 Å². The number of ether oxygens (including phenoxy) is 1. The van der Waals surface area contributed by atoms with Crippen LogP contribution in [-0.2, 0) is 11.3 Å². The minimum atomic E-state index is -4.41. The number of morpholine rings is 1. The number of aromatic nitrogens is 2. The van der Waals surface area contributed by atoms with Crippen LogP contribution in [0.5, 0.6) is 0 Å². The minimum absolute atomic E-state index is 0.0314. The second kappa shape index (κ2) is 9.22. The van der Waals surface area contributed by atoms with Gasteiger partial charge in [0.2, 0.25) is 11.9 Å². The lowest BCUT2D eigenvalue weighted by atomic mass is 10.1. The molecular weight excluding hydrogens is 442 g/mol. The number of aliphatic imine (C=N–C) groups is 2. The monoisotopic (exact) mass is 465 g/mol. The first-order valence-electron chi connectivity index (χ1n) is 10.3. The lowest BCUT2D eigenvalue weighted by Crippen LogP contribution is -2.53. The Hall–Kier alpha value is -3.41. The van der Waals surface area contributed by atoms with Crippen LogP contribution in [0.15, 0.2) is 52.2 Å². The van der Waals surface area contributed by atoms with Gasteiger partial charge in [0.15, 0.2) is 5.82 Å². The fraction of sp³-hybridized carbons (Fsp3) is 0.381. The van der Waals surface area contributed by atoms with Crippen molar-refractivity contribution in [2.24, 2.45) is 9.98 Å². The molecule has 2 aliphatic rings. The molecule has 2 aromatic rings. The van der Waals surface area contributed by atoms with Crippen molar-refractivity contribution in [2.75, 3.05) is 33.4 Å². The van der Waals surface area contributed by atoms with Crippen molar-refractivity contribution < 1.29 is 22.3 Å². The standard InChI is InChI=1S/C21H23F4N7O/c1-3-13(11-21(23,24)25)18-29-20(32-7-9-33-10-8-32)30-19(31(18)2)26-12-16-27-15-6-4-5-14(22)17(15)28-16/h3-6H,1,7-12H2,2H3,(H,27,28)(H,26,29,30)/b18-13+. The molecule has 0 aliphatic carbocycles. The van der Waals surface area contributed by atoms with Gasteiger partial charge in [-0.15, -0.1) is 0 Å². The Morgan fingerprint density at radius 1 is 1.30 bits per heavy atom. The van der Waals surface area contributed by atoms with Crippen LogP contribution in [0.3, 0.4) is 0 Å². The van der Waals surface area contributed by atoms with Crippen LogP contribution in [0.1, 0.15) is 12.2 Å². The van der Waals surface area contributed by atoms with Gasteiger partial charge in [0, 0.05) is 25.7 Å². The van der Waals surface area contributed by atoms with Gasteiger partial charge in [-0.2, -0.15) is 18.2 Å². The molecule has 8 nitrogen and oxygen atoms in total. The number of imidazole rings is 1. The summed E-state index contributed by atoms with van der Waals surface area (Å²) in [7, 11) is 1.57. The van der Waals surface area contributed by atoms with E-state index in [0.29, 0.717) is 43.6 Å². The van der Waals surface area contributed by atoms with Crippen LogP contribution in [0, 0.1) is 5.82 Å². The van der Waals surface area contributed by atoms with Gasteiger partial charge in [0.1, 0.15) is 23.7 Å². The van der Waals surface area contributed by atoms with E-state index in [-0.39, 0.29) is 29.4 Å². The van der Waals surface area contributed by atoms with E-state index < -0.39 is 18.4 Å². The molecule has 0 radical (unpaired) electrons. The molecule has 33 heavy (non-hydrogen) atoms. The molecule has 0 amide bonds. The zero-order valence-electron chi connectivity index (χ0n) is 17.9. The molecule has 2 N–H and O–H groups in total. The third-order valence-corrected chi connectivity index (χ3v) is 5.21. The van der Waals surface area contributed by atoms with E-state index in [0.717, 1.165) is 0 Å². The highest BCUT2D eigenvalue weighted by atomic mass is 19.4. The highest BCUT2D eigenvalue weighted by Gasteiger charge is 2.33. The maximum Gasteiger partial charge on any atom is 0.393 e. The number of nitrogens with zero attached hydrogens (tertiary/aromatic N) is 5. The number of fused-ring (bicyclic) bond motifs is 1. The smallest absolute Gasteiger partial charge is 0.378 e. The molecule has 176 valence electrons. The van der Waals surface area contributed by atoms with Crippen molar-refractivity contribution in [1.29, 1.82) is 0 Å². The highest BCUT2D eigenvalue weighted by Crippen LogP contribution is 2.28. The molecule has 3 heterocycles. The normalized spacial score (nSPS) is 20.2. The van der Waals surface area contributed by atoms with Crippen LogP contribution in [-0.4, -0.2) is 71.2 Å². The molecular formula is C21H23F4N7O. The fourth-order valence-corrected chi connectivity index (χ4v) is 3.59.